The Hall–Kier alpha value is -1.28. The second-order valence-electron chi connectivity index (χ2n) is 6.12. The van der Waals surface area contributed by atoms with Gasteiger partial charge < -0.3 is 14.4 Å². The molecule has 0 bridgehead atoms. The van der Waals surface area contributed by atoms with Crippen molar-refractivity contribution < 1.29 is 18.3 Å². The summed E-state index contributed by atoms with van der Waals surface area (Å²) in [6.07, 6.45) is 3.79. The average Bonchev–Trinajstić information content (AvgIpc) is 2.56. The Morgan fingerprint density at radius 1 is 1.44 bits per heavy atom. The number of hydrogen-bond donors (Lipinski definition) is 0. The highest BCUT2D eigenvalue weighted by atomic mass is 79.9. The van der Waals surface area contributed by atoms with Crippen molar-refractivity contribution in [3.8, 4) is 5.88 Å². The van der Waals surface area contributed by atoms with Crippen molar-refractivity contribution in [2.45, 2.75) is 58.4 Å². The van der Waals surface area contributed by atoms with Crippen LogP contribution in [0.2, 0.25) is 0 Å². The third kappa shape index (κ3) is 6.18. The molecule has 0 N–H and O–H groups in total. The normalized spacial score (nSPS) is 21.1. The molecule has 1 aromatic heterocycles. The maximum Gasteiger partial charge on any atom is 0.345 e. The van der Waals surface area contributed by atoms with Gasteiger partial charge in [-0.2, -0.15) is 8.78 Å². The predicted octanol–water partition coefficient (Wildman–Crippen LogP) is 4.69. The summed E-state index contributed by atoms with van der Waals surface area (Å²) in [4.78, 5) is 10.8. The zero-order chi connectivity index (χ0) is 18.4. The lowest BCUT2D eigenvalue weighted by molar-refractivity contribution is -0.175. The van der Waals surface area contributed by atoms with E-state index in [0.717, 1.165) is 30.8 Å². The molecule has 0 spiro atoms. The van der Waals surface area contributed by atoms with Crippen molar-refractivity contribution in [1.29, 1.82) is 0 Å². The van der Waals surface area contributed by atoms with Gasteiger partial charge in [-0.3, -0.25) is 0 Å². The molecule has 5 nitrogen and oxygen atoms in total. The number of aryl methyl sites for hydroxylation is 1. The summed E-state index contributed by atoms with van der Waals surface area (Å²) in [5.41, 5.74) is 1.50. The molecule has 1 fully saturated rings. The minimum Gasteiger partial charge on any atom is -0.473 e. The molecule has 1 saturated carbocycles. The van der Waals surface area contributed by atoms with Crippen LogP contribution in [-0.4, -0.2) is 48.6 Å². The van der Waals surface area contributed by atoms with E-state index in [1.807, 2.05) is 31.9 Å². The van der Waals surface area contributed by atoms with E-state index in [4.69, 9.17) is 4.74 Å². The summed E-state index contributed by atoms with van der Waals surface area (Å²) in [7, 11) is 1.94. The Kier molecular flexibility index (Phi) is 7.56. The van der Waals surface area contributed by atoms with Crippen molar-refractivity contribution in [1.82, 2.24) is 9.88 Å². The fraction of sp³-hybridized carbons (Fsp3) is 0.647. The molecular formula is C17H24BrF2N3O2. The van der Waals surface area contributed by atoms with Crippen LogP contribution in [0.25, 0.3) is 0 Å². The minimum absolute atomic E-state index is 0.179. The molecular weight excluding hydrogens is 396 g/mol. The van der Waals surface area contributed by atoms with Crippen molar-refractivity contribution >= 4 is 28.0 Å². The lowest BCUT2D eigenvalue weighted by Crippen LogP contribution is -2.31. The van der Waals surface area contributed by atoms with Gasteiger partial charge in [-0.25, -0.2) is 9.98 Å². The molecule has 1 aliphatic rings. The standard InChI is InChI=1S/C17H24BrF2N3O2/c1-4-23(3)10-21-15-9-14(18)16(22-11(15)2)24-12-6-5-7-13(8-12)25-17(19)20/h9-10,12-13,17H,4-8H2,1-3H3/b21-10+/t12-,13-/m0/s1. The molecule has 0 aliphatic heterocycles. The van der Waals surface area contributed by atoms with Crippen molar-refractivity contribution in [3.63, 3.8) is 0 Å². The highest BCUT2D eigenvalue weighted by Gasteiger charge is 2.27. The molecule has 0 unspecified atom stereocenters. The monoisotopic (exact) mass is 419 g/mol. The van der Waals surface area contributed by atoms with Gasteiger partial charge in [-0.05, 0) is 55.1 Å². The maximum absolute atomic E-state index is 12.4. The highest BCUT2D eigenvalue weighted by Crippen LogP contribution is 2.33. The van der Waals surface area contributed by atoms with Crippen LogP contribution in [0.5, 0.6) is 5.88 Å². The van der Waals surface area contributed by atoms with Crippen LogP contribution in [0.3, 0.4) is 0 Å². The zero-order valence-electron chi connectivity index (χ0n) is 14.7. The number of hydrogen-bond acceptors (Lipinski definition) is 4. The first-order valence-electron chi connectivity index (χ1n) is 8.40. The van der Waals surface area contributed by atoms with Gasteiger partial charge in [-0.15, -0.1) is 0 Å². The Bertz CT molecular complexity index is 602. The topological polar surface area (TPSA) is 47.0 Å². The van der Waals surface area contributed by atoms with E-state index in [1.165, 1.54) is 0 Å². The largest absolute Gasteiger partial charge is 0.473 e. The minimum atomic E-state index is -2.74. The lowest BCUT2D eigenvalue weighted by Gasteiger charge is -2.29. The number of rotatable bonds is 7. The Balaban J connectivity index is 2.05. The van der Waals surface area contributed by atoms with E-state index in [0.29, 0.717) is 23.2 Å². The molecule has 0 saturated heterocycles. The van der Waals surface area contributed by atoms with Crippen LogP contribution < -0.4 is 4.74 Å². The van der Waals surface area contributed by atoms with E-state index in [1.54, 1.807) is 6.34 Å². The summed E-state index contributed by atoms with van der Waals surface area (Å²) in [6.45, 7) is 2.02. The Labute approximate surface area is 155 Å². The van der Waals surface area contributed by atoms with E-state index in [2.05, 4.69) is 30.6 Å². The number of nitrogens with zero attached hydrogens (tertiary/aromatic N) is 3. The molecule has 2 rings (SSSR count). The van der Waals surface area contributed by atoms with Gasteiger partial charge in [0.2, 0.25) is 5.88 Å². The maximum atomic E-state index is 12.4. The first-order chi connectivity index (χ1) is 11.9. The van der Waals surface area contributed by atoms with Gasteiger partial charge in [0.15, 0.2) is 0 Å². The Morgan fingerprint density at radius 2 is 2.16 bits per heavy atom. The number of pyridine rings is 1. The van der Waals surface area contributed by atoms with Gasteiger partial charge >= 0.3 is 6.61 Å². The number of alkyl halides is 2. The van der Waals surface area contributed by atoms with Crippen molar-refractivity contribution in [2.24, 2.45) is 4.99 Å². The van der Waals surface area contributed by atoms with Crippen molar-refractivity contribution in [3.05, 3.63) is 16.2 Å². The third-order valence-electron chi connectivity index (χ3n) is 4.15. The molecule has 2 atom stereocenters. The summed E-state index contributed by atoms with van der Waals surface area (Å²) < 4.78 is 36.0. The highest BCUT2D eigenvalue weighted by molar-refractivity contribution is 9.10. The number of aromatic nitrogens is 1. The van der Waals surface area contributed by atoms with Crippen molar-refractivity contribution in [2.75, 3.05) is 13.6 Å². The first-order valence-corrected chi connectivity index (χ1v) is 9.20. The zero-order valence-corrected chi connectivity index (χ0v) is 16.3. The van der Waals surface area contributed by atoms with Crippen LogP contribution in [0.4, 0.5) is 14.5 Å². The first kappa shape index (κ1) is 20.0. The summed E-state index contributed by atoms with van der Waals surface area (Å²) in [5, 5.41) is 0. The van der Waals surface area contributed by atoms with Gasteiger partial charge in [0, 0.05) is 20.0 Å². The molecule has 0 amide bonds. The number of ether oxygens (including phenoxy) is 2. The van der Waals surface area contributed by atoms with Crippen LogP contribution in [-0.2, 0) is 4.74 Å². The van der Waals surface area contributed by atoms with Gasteiger partial charge in [-0.1, -0.05) is 0 Å². The van der Waals surface area contributed by atoms with E-state index < -0.39 is 12.7 Å². The molecule has 1 aromatic rings. The molecule has 1 heterocycles. The van der Waals surface area contributed by atoms with E-state index in [-0.39, 0.29) is 6.10 Å². The van der Waals surface area contributed by atoms with Gasteiger partial charge in [0.05, 0.1) is 28.3 Å². The summed E-state index contributed by atoms with van der Waals surface area (Å²) >= 11 is 3.46. The molecule has 1 aliphatic carbocycles. The van der Waals surface area contributed by atoms with Crippen LogP contribution in [0.15, 0.2) is 15.5 Å². The molecule has 8 heteroatoms. The molecule has 140 valence electrons. The second kappa shape index (κ2) is 9.43. The Morgan fingerprint density at radius 3 is 2.84 bits per heavy atom. The van der Waals surface area contributed by atoms with E-state index in [9.17, 15) is 8.78 Å². The van der Waals surface area contributed by atoms with Gasteiger partial charge in [0.1, 0.15) is 6.10 Å². The van der Waals surface area contributed by atoms with Gasteiger partial charge in [0.25, 0.3) is 0 Å². The predicted molar refractivity (Wildman–Crippen MR) is 96.9 cm³/mol. The fourth-order valence-corrected chi connectivity index (χ4v) is 3.04. The number of halogens is 3. The number of aliphatic imine (C=N–C) groups is 1. The molecule has 0 aromatic carbocycles. The lowest BCUT2D eigenvalue weighted by atomic mass is 9.95. The van der Waals surface area contributed by atoms with Crippen LogP contribution >= 0.6 is 15.9 Å². The van der Waals surface area contributed by atoms with E-state index >= 15 is 0 Å². The SMILES string of the molecule is CCN(C)/C=N/c1cc(Br)c(O[C@H]2CCC[C@H](OC(F)F)C2)nc1C. The second-order valence-corrected chi connectivity index (χ2v) is 6.98. The molecule has 0 radical (unpaired) electrons. The smallest absolute Gasteiger partial charge is 0.345 e. The third-order valence-corrected chi connectivity index (χ3v) is 4.72. The molecule has 25 heavy (non-hydrogen) atoms. The summed E-state index contributed by atoms with van der Waals surface area (Å²) in [6, 6.07) is 1.85. The summed E-state index contributed by atoms with van der Waals surface area (Å²) in [5.74, 6) is 0.461. The van der Waals surface area contributed by atoms with Crippen LogP contribution in [0, 0.1) is 6.92 Å². The quantitative estimate of drug-likeness (QED) is 0.474. The fourth-order valence-electron chi connectivity index (χ4n) is 2.64. The van der Waals surface area contributed by atoms with Crippen LogP contribution in [0.1, 0.15) is 38.3 Å². The average molecular weight is 420 g/mol.